The van der Waals surface area contributed by atoms with Gasteiger partial charge in [-0.3, -0.25) is 0 Å². The maximum Gasteiger partial charge on any atom is 0.156 e. The summed E-state index contributed by atoms with van der Waals surface area (Å²) in [6, 6.07) is 11.3. The van der Waals surface area contributed by atoms with Crippen molar-refractivity contribution in [3.8, 4) is 11.8 Å². The second-order valence-corrected chi connectivity index (χ2v) is 5.21. The van der Waals surface area contributed by atoms with Crippen molar-refractivity contribution in [2.45, 2.75) is 6.92 Å². The minimum Gasteiger partial charge on any atom is -0.491 e. The van der Waals surface area contributed by atoms with Gasteiger partial charge in [0, 0.05) is 5.56 Å². The van der Waals surface area contributed by atoms with Crippen LogP contribution < -0.4 is 4.74 Å². The molecule has 112 valence electrons. The normalized spacial score (nSPS) is 11.1. The van der Waals surface area contributed by atoms with Crippen LogP contribution >= 0.6 is 23.2 Å². The molecule has 0 fully saturated rings. The lowest BCUT2D eigenvalue weighted by Gasteiger charge is -2.09. The first-order valence-corrected chi connectivity index (χ1v) is 7.31. The van der Waals surface area contributed by atoms with E-state index in [1.165, 1.54) is 12.1 Å². The number of allylic oxidation sites excluding steroid dienone is 1. The van der Waals surface area contributed by atoms with Crippen molar-refractivity contribution in [3.63, 3.8) is 0 Å². The first kappa shape index (κ1) is 16.4. The molecule has 0 spiro atoms. The average molecular weight is 336 g/mol. The van der Waals surface area contributed by atoms with E-state index >= 15 is 0 Å². The molecule has 0 aliphatic rings. The average Bonchev–Trinajstić information content (AvgIpc) is 2.49. The Bertz CT molecular complexity index is 742. The maximum absolute atomic E-state index is 13.8. The summed E-state index contributed by atoms with van der Waals surface area (Å²) in [6.07, 6.45) is 1.53. The van der Waals surface area contributed by atoms with Crippen molar-refractivity contribution in [1.29, 1.82) is 5.26 Å². The molecular formula is C17H12Cl2FNO. The number of hydrogen-bond donors (Lipinski definition) is 0. The second kappa shape index (κ2) is 7.31. The molecule has 0 saturated carbocycles. The van der Waals surface area contributed by atoms with Crippen LogP contribution in [0.15, 0.2) is 36.4 Å². The summed E-state index contributed by atoms with van der Waals surface area (Å²) >= 11 is 12.2. The van der Waals surface area contributed by atoms with Crippen LogP contribution in [0, 0.1) is 17.1 Å². The third kappa shape index (κ3) is 3.59. The highest BCUT2D eigenvalue weighted by molar-refractivity contribution is 6.37. The standard InChI is InChI=1S/C17H12Cl2FNO/c1-2-22-17-14(18)8-11(9-15(17)19)7-12(10-21)13-5-3-4-6-16(13)20/h3-9H,2H2,1H3. The molecule has 0 radical (unpaired) electrons. The van der Waals surface area contributed by atoms with Crippen molar-refractivity contribution in [1.82, 2.24) is 0 Å². The Morgan fingerprint density at radius 1 is 1.27 bits per heavy atom. The van der Waals surface area contributed by atoms with Gasteiger partial charge in [0.15, 0.2) is 5.75 Å². The largest absolute Gasteiger partial charge is 0.491 e. The summed E-state index contributed by atoms with van der Waals surface area (Å²) in [4.78, 5) is 0. The Balaban J connectivity index is 2.48. The van der Waals surface area contributed by atoms with Crippen LogP contribution in [0.2, 0.25) is 10.0 Å². The van der Waals surface area contributed by atoms with Crippen LogP contribution in [0.5, 0.6) is 5.75 Å². The van der Waals surface area contributed by atoms with E-state index in [2.05, 4.69) is 0 Å². The van der Waals surface area contributed by atoms with Crippen molar-refractivity contribution >= 4 is 34.9 Å². The first-order valence-electron chi connectivity index (χ1n) is 6.55. The van der Waals surface area contributed by atoms with E-state index in [-0.39, 0.29) is 11.1 Å². The van der Waals surface area contributed by atoms with Gasteiger partial charge in [0.2, 0.25) is 0 Å². The lowest BCUT2D eigenvalue weighted by molar-refractivity contribution is 0.340. The topological polar surface area (TPSA) is 33.0 Å². The first-order chi connectivity index (χ1) is 10.6. The quantitative estimate of drug-likeness (QED) is 0.538. The summed E-state index contributed by atoms with van der Waals surface area (Å²) in [7, 11) is 0. The van der Waals surface area contributed by atoms with Crippen LogP contribution in [0.3, 0.4) is 0 Å². The Labute approximate surface area is 138 Å². The molecule has 0 N–H and O–H groups in total. The van der Waals surface area contributed by atoms with E-state index in [0.29, 0.717) is 28.0 Å². The number of ether oxygens (including phenoxy) is 1. The Kier molecular flexibility index (Phi) is 5.43. The smallest absolute Gasteiger partial charge is 0.156 e. The Morgan fingerprint density at radius 3 is 2.45 bits per heavy atom. The van der Waals surface area contributed by atoms with Crippen LogP contribution in [-0.4, -0.2) is 6.61 Å². The summed E-state index contributed by atoms with van der Waals surface area (Å²) < 4.78 is 19.1. The van der Waals surface area contributed by atoms with Crippen LogP contribution in [-0.2, 0) is 0 Å². The van der Waals surface area contributed by atoms with E-state index in [0.717, 1.165) is 0 Å². The molecule has 2 aromatic carbocycles. The number of hydrogen-bond acceptors (Lipinski definition) is 2. The summed E-state index contributed by atoms with van der Waals surface area (Å²) in [6.45, 7) is 2.26. The number of halogens is 3. The van der Waals surface area contributed by atoms with Gasteiger partial charge in [-0.25, -0.2) is 4.39 Å². The van der Waals surface area contributed by atoms with E-state index in [4.69, 9.17) is 27.9 Å². The molecule has 2 rings (SSSR count). The number of nitriles is 1. The highest BCUT2D eigenvalue weighted by Crippen LogP contribution is 2.35. The molecule has 0 amide bonds. The fourth-order valence-corrected chi connectivity index (χ4v) is 2.57. The number of nitrogens with zero attached hydrogens (tertiary/aromatic N) is 1. The minimum absolute atomic E-state index is 0.189. The van der Waals surface area contributed by atoms with Gasteiger partial charge in [-0.15, -0.1) is 0 Å². The monoisotopic (exact) mass is 335 g/mol. The third-order valence-electron chi connectivity index (χ3n) is 2.90. The molecule has 0 heterocycles. The fourth-order valence-electron chi connectivity index (χ4n) is 1.96. The highest BCUT2D eigenvalue weighted by Gasteiger charge is 2.11. The minimum atomic E-state index is -0.460. The van der Waals surface area contributed by atoms with E-state index < -0.39 is 5.82 Å². The Morgan fingerprint density at radius 2 is 1.91 bits per heavy atom. The van der Waals surface area contributed by atoms with E-state index in [9.17, 15) is 9.65 Å². The summed E-state index contributed by atoms with van der Waals surface area (Å²) in [5, 5.41) is 9.95. The van der Waals surface area contributed by atoms with Gasteiger partial charge in [-0.1, -0.05) is 41.4 Å². The molecule has 0 atom stereocenters. The number of benzene rings is 2. The molecule has 2 aromatic rings. The van der Waals surface area contributed by atoms with Gasteiger partial charge >= 0.3 is 0 Å². The summed E-state index contributed by atoms with van der Waals surface area (Å²) in [5.74, 6) is -0.0641. The zero-order valence-electron chi connectivity index (χ0n) is 11.7. The van der Waals surface area contributed by atoms with Crippen molar-refractivity contribution in [3.05, 3.63) is 63.4 Å². The predicted octanol–water partition coefficient (Wildman–Crippen LogP) is 5.60. The molecular weight excluding hydrogens is 324 g/mol. The third-order valence-corrected chi connectivity index (χ3v) is 3.47. The molecule has 0 unspecified atom stereocenters. The van der Waals surface area contributed by atoms with Crippen molar-refractivity contribution < 1.29 is 9.13 Å². The van der Waals surface area contributed by atoms with E-state index in [1.54, 1.807) is 30.3 Å². The zero-order chi connectivity index (χ0) is 16.1. The molecule has 0 aromatic heterocycles. The van der Waals surface area contributed by atoms with Crippen molar-refractivity contribution in [2.75, 3.05) is 6.61 Å². The second-order valence-electron chi connectivity index (χ2n) is 4.40. The molecule has 5 heteroatoms. The van der Waals surface area contributed by atoms with Crippen molar-refractivity contribution in [2.24, 2.45) is 0 Å². The summed E-state index contributed by atoms with van der Waals surface area (Å²) in [5.41, 5.74) is 1.01. The van der Waals surface area contributed by atoms with Gasteiger partial charge in [0.25, 0.3) is 0 Å². The molecule has 22 heavy (non-hydrogen) atoms. The van der Waals surface area contributed by atoms with Gasteiger partial charge in [-0.05, 0) is 36.8 Å². The molecule has 0 aliphatic carbocycles. The predicted molar refractivity (Wildman–Crippen MR) is 87.5 cm³/mol. The van der Waals surface area contributed by atoms with Gasteiger partial charge in [0.05, 0.1) is 28.3 Å². The SMILES string of the molecule is CCOc1c(Cl)cc(C=C(C#N)c2ccccc2F)cc1Cl. The van der Waals surface area contributed by atoms with Crippen LogP contribution in [0.1, 0.15) is 18.1 Å². The van der Waals surface area contributed by atoms with Gasteiger partial charge in [-0.2, -0.15) is 5.26 Å². The van der Waals surface area contributed by atoms with Gasteiger partial charge in [0.1, 0.15) is 5.82 Å². The van der Waals surface area contributed by atoms with Gasteiger partial charge < -0.3 is 4.74 Å². The maximum atomic E-state index is 13.8. The lowest BCUT2D eigenvalue weighted by Crippen LogP contribution is -1.94. The zero-order valence-corrected chi connectivity index (χ0v) is 13.2. The van der Waals surface area contributed by atoms with Crippen LogP contribution in [0.4, 0.5) is 4.39 Å². The molecule has 0 bridgehead atoms. The lowest BCUT2D eigenvalue weighted by atomic mass is 10.0. The molecule has 0 aliphatic heterocycles. The molecule has 2 nitrogen and oxygen atoms in total. The van der Waals surface area contributed by atoms with Crippen LogP contribution in [0.25, 0.3) is 11.6 Å². The fraction of sp³-hybridized carbons (Fsp3) is 0.118. The van der Waals surface area contributed by atoms with E-state index in [1.807, 2.05) is 13.0 Å². The highest BCUT2D eigenvalue weighted by atomic mass is 35.5. The number of rotatable bonds is 4. The molecule has 0 saturated heterocycles. The Hall–Kier alpha value is -2.02.